The first-order chi connectivity index (χ1) is 16.0. The molecule has 0 radical (unpaired) electrons. The van der Waals surface area contributed by atoms with Crippen LogP contribution in [0.4, 0.5) is 5.69 Å². The minimum absolute atomic E-state index is 0.114. The van der Waals surface area contributed by atoms with E-state index in [0.717, 1.165) is 11.3 Å². The molecule has 0 aromatic heterocycles. The predicted octanol–water partition coefficient (Wildman–Crippen LogP) is 6.81. The van der Waals surface area contributed by atoms with E-state index >= 15 is 0 Å². The number of phenolic OH excluding ortho intramolecular Hbond substituents is 1. The fourth-order valence-corrected chi connectivity index (χ4v) is 4.78. The van der Waals surface area contributed by atoms with Crippen molar-refractivity contribution in [2.45, 2.75) is 19.9 Å². The molecule has 0 unspecified atom stereocenters. The number of aromatic hydroxyl groups is 1. The van der Waals surface area contributed by atoms with Gasteiger partial charge in [-0.25, -0.2) is 4.99 Å². The molecule has 7 heteroatoms. The van der Waals surface area contributed by atoms with Gasteiger partial charge < -0.3 is 9.84 Å². The number of rotatable bonds is 6. The SMILES string of the molecule is CCOc1cc(/C=C2/SC(=Nc3ccccc3)N([C@H](C)c3ccccc3)C2=O)cc(Cl)c1O. The van der Waals surface area contributed by atoms with E-state index in [1.54, 1.807) is 23.1 Å². The van der Waals surface area contributed by atoms with Crippen molar-refractivity contribution in [3.63, 3.8) is 0 Å². The average molecular weight is 479 g/mol. The van der Waals surface area contributed by atoms with E-state index in [1.807, 2.05) is 74.5 Å². The molecule has 1 heterocycles. The fraction of sp³-hybridized carbons (Fsp3) is 0.154. The largest absolute Gasteiger partial charge is 0.503 e. The second-order valence-electron chi connectivity index (χ2n) is 7.38. The lowest BCUT2D eigenvalue weighted by Gasteiger charge is -2.24. The molecule has 0 spiro atoms. The molecule has 1 fully saturated rings. The van der Waals surface area contributed by atoms with Crippen LogP contribution in [0.5, 0.6) is 11.5 Å². The summed E-state index contributed by atoms with van der Waals surface area (Å²) in [5.74, 6) is 0.0184. The molecule has 1 aliphatic rings. The summed E-state index contributed by atoms with van der Waals surface area (Å²) >= 11 is 7.50. The Bertz CT molecular complexity index is 1210. The molecule has 1 amide bonds. The zero-order valence-electron chi connectivity index (χ0n) is 18.2. The molecule has 0 bridgehead atoms. The Morgan fingerprint density at radius 3 is 2.45 bits per heavy atom. The van der Waals surface area contributed by atoms with Crippen molar-refractivity contribution >= 4 is 46.2 Å². The van der Waals surface area contributed by atoms with Crippen LogP contribution in [-0.2, 0) is 4.79 Å². The lowest BCUT2D eigenvalue weighted by Crippen LogP contribution is -2.32. The van der Waals surface area contributed by atoms with Crippen LogP contribution in [0.2, 0.25) is 5.02 Å². The summed E-state index contributed by atoms with van der Waals surface area (Å²) in [4.78, 5) is 20.5. The number of hydrogen-bond acceptors (Lipinski definition) is 5. The van der Waals surface area contributed by atoms with Gasteiger partial charge in [0, 0.05) is 0 Å². The minimum atomic E-state index is -0.207. The molecule has 168 valence electrons. The first-order valence-corrected chi connectivity index (χ1v) is 11.7. The van der Waals surface area contributed by atoms with Gasteiger partial charge in [0.05, 0.1) is 28.3 Å². The molecular formula is C26H23ClN2O3S. The summed E-state index contributed by atoms with van der Waals surface area (Å²) in [7, 11) is 0. The van der Waals surface area contributed by atoms with Crippen LogP contribution < -0.4 is 4.74 Å². The summed E-state index contributed by atoms with van der Waals surface area (Å²) < 4.78 is 5.48. The first kappa shape index (κ1) is 23.0. The lowest BCUT2D eigenvalue weighted by atomic mass is 10.1. The van der Waals surface area contributed by atoms with Crippen LogP contribution in [0.15, 0.2) is 82.7 Å². The van der Waals surface area contributed by atoms with Crippen molar-refractivity contribution in [2.75, 3.05) is 6.61 Å². The minimum Gasteiger partial charge on any atom is -0.503 e. The van der Waals surface area contributed by atoms with E-state index in [9.17, 15) is 9.90 Å². The van der Waals surface area contributed by atoms with E-state index in [-0.39, 0.29) is 28.5 Å². The smallest absolute Gasteiger partial charge is 0.267 e. The first-order valence-electron chi connectivity index (χ1n) is 10.5. The van der Waals surface area contributed by atoms with Gasteiger partial charge >= 0.3 is 0 Å². The highest BCUT2D eigenvalue weighted by Crippen LogP contribution is 2.41. The molecular weight excluding hydrogens is 456 g/mol. The van der Waals surface area contributed by atoms with E-state index in [1.165, 1.54) is 11.8 Å². The summed E-state index contributed by atoms with van der Waals surface area (Å²) in [5.41, 5.74) is 2.44. The Morgan fingerprint density at radius 1 is 1.12 bits per heavy atom. The summed E-state index contributed by atoms with van der Waals surface area (Å²) in [6.45, 7) is 4.19. The number of para-hydroxylation sites is 1. The van der Waals surface area contributed by atoms with Gasteiger partial charge in [0.2, 0.25) is 0 Å². The Hall–Kier alpha value is -3.22. The van der Waals surface area contributed by atoms with Gasteiger partial charge in [0.25, 0.3) is 5.91 Å². The van der Waals surface area contributed by atoms with Crippen molar-refractivity contribution in [1.82, 2.24) is 4.90 Å². The summed E-state index contributed by atoms with van der Waals surface area (Å²) in [5, 5.41) is 10.9. The number of hydrogen-bond donors (Lipinski definition) is 1. The number of phenols is 1. The van der Waals surface area contributed by atoms with Gasteiger partial charge in [0.1, 0.15) is 0 Å². The maximum atomic E-state index is 13.5. The fourth-order valence-electron chi connectivity index (χ4n) is 3.49. The molecule has 3 aromatic carbocycles. The molecule has 3 aromatic rings. The zero-order valence-corrected chi connectivity index (χ0v) is 19.8. The van der Waals surface area contributed by atoms with Crippen LogP contribution in [0.25, 0.3) is 6.08 Å². The number of ether oxygens (including phenoxy) is 1. The molecule has 0 saturated carbocycles. The lowest BCUT2D eigenvalue weighted by molar-refractivity contribution is -0.123. The normalized spacial score (nSPS) is 17.1. The number of benzene rings is 3. The van der Waals surface area contributed by atoms with Crippen molar-refractivity contribution in [3.8, 4) is 11.5 Å². The van der Waals surface area contributed by atoms with Gasteiger partial charge in [-0.1, -0.05) is 60.1 Å². The number of halogens is 1. The molecule has 33 heavy (non-hydrogen) atoms. The van der Waals surface area contributed by atoms with Gasteiger partial charge in [0.15, 0.2) is 16.7 Å². The van der Waals surface area contributed by atoms with E-state index in [2.05, 4.69) is 0 Å². The highest BCUT2D eigenvalue weighted by atomic mass is 35.5. The Balaban J connectivity index is 1.75. The highest BCUT2D eigenvalue weighted by molar-refractivity contribution is 8.18. The highest BCUT2D eigenvalue weighted by Gasteiger charge is 2.37. The van der Waals surface area contributed by atoms with Crippen molar-refractivity contribution in [2.24, 2.45) is 4.99 Å². The number of amidine groups is 1. The molecule has 1 saturated heterocycles. The molecule has 1 atom stereocenters. The number of carbonyl (C=O) groups excluding carboxylic acids is 1. The predicted molar refractivity (Wildman–Crippen MR) is 135 cm³/mol. The number of aliphatic imine (C=N–C) groups is 1. The van der Waals surface area contributed by atoms with Crippen LogP contribution in [-0.4, -0.2) is 27.7 Å². The number of amides is 1. The summed E-state index contributed by atoms with van der Waals surface area (Å²) in [6, 6.07) is 22.5. The average Bonchev–Trinajstić information content (AvgIpc) is 3.12. The maximum Gasteiger partial charge on any atom is 0.267 e. The monoisotopic (exact) mass is 478 g/mol. The second kappa shape index (κ2) is 10.1. The maximum absolute atomic E-state index is 13.5. The molecule has 1 N–H and O–H groups in total. The zero-order chi connectivity index (χ0) is 23.4. The van der Waals surface area contributed by atoms with Gasteiger partial charge in [-0.2, -0.15) is 0 Å². The molecule has 0 aliphatic carbocycles. The van der Waals surface area contributed by atoms with E-state index in [4.69, 9.17) is 21.3 Å². The van der Waals surface area contributed by atoms with Crippen LogP contribution in [0, 0.1) is 0 Å². The Kier molecular flexibility index (Phi) is 7.06. The van der Waals surface area contributed by atoms with Crippen LogP contribution >= 0.6 is 23.4 Å². The van der Waals surface area contributed by atoms with Gasteiger partial charge in [-0.05, 0) is 67.1 Å². The third kappa shape index (κ3) is 5.07. The van der Waals surface area contributed by atoms with E-state index in [0.29, 0.717) is 22.2 Å². The summed E-state index contributed by atoms with van der Waals surface area (Å²) in [6.07, 6.45) is 1.75. The third-order valence-electron chi connectivity index (χ3n) is 5.14. The van der Waals surface area contributed by atoms with Crippen LogP contribution in [0.3, 0.4) is 0 Å². The number of carbonyl (C=O) groups is 1. The molecule has 5 nitrogen and oxygen atoms in total. The Morgan fingerprint density at radius 2 is 1.79 bits per heavy atom. The Labute approximate surface area is 202 Å². The van der Waals surface area contributed by atoms with Crippen molar-refractivity contribution in [3.05, 3.63) is 93.9 Å². The second-order valence-corrected chi connectivity index (χ2v) is 8.80. The number of nitrogens with zero attached hydrogens (tertiary/aromatic N) is 2. The number of thioether (sulfide) groups is 1. The van der Waals surface area contributed by atoms with E-state index < -0.39 is 0 Å². The molecule has 4 rings (SSSR count). The molecule has 1 aliphatic heterocycles. The quantitative estimate of drug-likeness (QED) is 0.395. The topological polar surface area (TPSA) is 62.1 Å². The van der Waals surface area contributed by atoms with Crippen LogP contribution in [0.1, 0.15) is 31.0 Å². The standard InChI is InChI=1S/C26H23ClN2O3S/c1-3-32-22-15-18(14-21(27)24(22)30)16-23-25(31)29(17(2)19-10-6-4-7-11-19)26(33-23)28-20-12-8-5-9-13-20/h4-17,30H,3H2,1-2H3/b23-16+,28-26?/t17-/m1/s1. The van der Waals surface area contributed by atoms with Crippen molar-refractivity contribution in [1.29, 1.82) is 0 Å². The van der Waals surface area contributed by atoms with Gasteiger partial charge in [-0.3, -0.25) is 9.69 Å². The van der Waals surface area contributed by atoms with Gasteiger partial charge in [-0.15, -0.1) is 0 Å². The van der Waals surface area contributed by atoms with Crippen molar-refractivity contribution < 1.29 is 14.6 Å². The third-order valence-corrected chi connectivity index (χ3v) is 6.41.